The molecule has 1 unspecified atom stereocenters. The highest BCUT2D eigenvalue weighted by molar-refractivity contribution is 5.25. The molecule has 4 rings (SSSR count). The Labute approximate surface area is 186 Å². The van der Waals surface area contributed by atoms with Gasteiger partial charge in [0.05, 0.1) is 6.10 Å². The molecule has 4 aliphatic carbocycles. The molecule has 3 fully saturated rings. The summed E-state index contributed by atoms with van der Waals surface area (Å²) in [5.41, 5.74) is 4.11. The molecule has 1 nitrogen and oxygen atoms in total. The smallest absolute Gasteiger partial charge is 0.0577 e. The van der Waals surface area contributed by atoms with Crippen molar-refractivity contribution in [2.75, 3.05) is 0 Å². The number of aliphatic hydroxyl groups is 1. The van der Waals surface area contributed by atoms with Gasteiger partial charge in [0.1, 0.15) is 0 Å². The van der Waals surface area contributed by atoms with Crippen molar-refractivity contribution >= 4 is 0 Å². The fraction of sp³-hybridized carbons (Fsp3) is 0.862. The third-order valence-corrected chi connectivity index (χ3v) is 11.0. The first-order valence-electron chi connectivity index (χ1n) is 13.1. The van der Waals surface area contributed by atoms with Crippen LogP contribution in [0.3, 0.4) is 0 Å². The standard InChI is InChI=1S/C29H48O/c1-18(2)21(5)19(3)16-20(4)25-10-11-26-24-9-8-22-17-23(30)12-14-28(22,6)27(24)13-15-29(25,26)7/h8,16,18,20-21,23-27,30H,9-15,17H2,1-7H3/t20-,21-,23?,24+,25-,26+,27+,28+,29-/m1/s1. The summed E-state index contributed by atoms with van der Waals surface area (Å²) < 4.78 is 0. The second kappa shape index (κ2) is 8.09. The molecular weight excluding hydrogens is 364 g/mol. The third kappa shape index (κ3) is 3.56. The molecule has 0 heterocycles. The number of hydrogen-bond acceptors (Lipinski definition) is 1. The van der Waals surface area contributed by atoms with E-state index in [4.69, 9.17) is 0 Å². The lowest BCUT2D eigenvalue weighted by molar-refractivity contribution is -0.0541. The van der Waals surface area contributed by atoms with E-state index >= 15 is 0 Å². The Kier molecular flexibility index (Phi) is 6.10. The van der Waals surface area contributed by atoms with E-state index in [-0.39, 0.29) is 6.10 Å². The van der Waals surface area contributed by atoms with Gasteiger partial charge in [0.25, 0.3) is 0 Å². The maximum absolute atomic E-state index is 10.2. The van der Waals surface area contributed by atoms with Gasteiger partial charge in [-0.25, -0.2) is 0 Å². The normalized spacial score (nSPS) is 46.0. The fourth-order valence-corrected chi connectivity index (χ4v) is 8.75. The van der Waals surface area contributed by atoms with Crippen LogP contribution in [0.15, 0.2) is 23.3 Å². The Hall–Kier alpha value is -0.560. The highest BCUT2D eigenvalue weighted by Gasteiger charge is 2.59. The SMILES string of the molecule is CC(=C[C@@H](C)[C@H]1CC[C@H]2[C@@H]3CC=C4CC(O)CC[C@]4(C)[C@H]3CC[C@]12C)[C@H](C)C(C)C. The number of fused-ring (bicyclic) bond motifs is 5. The highest BCUT2D eigenvalue weighted by Crippen LogP contribution is 2.67. The van der Waals surface area contributed by atoms with E-state index in [1.165, 1.54) is 38.5 Å². The molecule has 0 aromatic heterocycles. The summed E-state index contributed by atoms with van der Waals surface area (Å²) in [5.74, 6) is 5.61. The number of aliphatic hydroxyl groups excluding tert-OH is 1. The summed E-state index contributed by atoms with van der Waals surface area (Å²) in [6.45, 7) is 17.2. The van der Waals surface area contributed by atoms with Crippen molar-refractivity contribution in [1.29, 1.82) is 0 Å². The molecule has 0 saturated heterocycles. The van der Waals surface area contributed by atoms with Gasteiger partial charge in [-0.1, -0.05) is 64.8 Å². The molecule has 0 amide bonds. The number of allylic oxidation sites excluding steroid dienone is 3. The minimum atomic E-state index is -0.0882. The van der Waals surface area contributed by atoms with Crippen LogP contribution in [0.1, 0.15) is 99.8 Å². The molecule has 3 saturated carbocycles. The molecule has 4 aliphatic rings. The first kappa shape index (κ1) is 22.6. The number of hydrogen-bond donors (Lipinski definition) is 1. The summed E-state index contributed by atoms with van der Waals surface area (Å²) in [5, 5.41) is 10.2. The second-order valence-corrected chi connectivity index (χ2v) is 12.7. The van der Waals surface area contributed by atoms with Gasteiger partial charge in [-0.3, -0.25) is 0 Å². The van der Waals surface area contributed by atoms with Crippen molar-refractivity contribution in [3.8, 4) is 0 Å². The second-order valence-electron chi connectivity index (χ2n) is 12.7. The van der Waals surface area contributed by atoms with Crippen LogP contribution < -0.4 is 0 Å². The quantitative estimate of drug-likeness (QED) is 0.467. The number of rotatable bonds is 4. The predicted molar refractivity (Wildman–Crippen MR) is 128 cm³/mol. The van der Waals surface area contributed by atoms with Crippen LogP contribution in [0, 0.1) is 52.3 Å². The first-order valence-corrected chi connectivity index (χ1v) is 13.1. The van der Waals surface area contributed by atoms with Gasteiger partial charge in [-0.15, -0.1) is 0 Å². The van der Waals surface area contributed by atoms with Crippen molar-refractivity contribution in [3.63, 3.8) is 0 Å². The van der Waals surface area contributed by atoms with Crippen LogP contribution in [0.25, 0.3) is 0 Å². The first-order chi connectivity index (χ1) is 14.1. The lowest BCUT2D eigenvalue weighted by Gasteiger charge is -2.58. The van der Waals surface area contributed by atoms with Gasteiger partial charge in [-0.2, -0.15) is 0 Å². The zero-order valence-electron chi connectivity index (χ0n) is 20.9. The average molecular weight is 413 g/mol. The van der Waals surface area contributed by atoms with E-state index in [1.807, 2.05) is 0 Å². The summed E-state index contributed by atoms with van der Waals surface area (Å²) >= 11 is 0. The molecule has 9 atom stereocenters. The van der Waals surface area contributed by atoms with Gasteiger partial charge < -0.3 is 5.11 Å². The summed E-state index contributed by atoms with van der Waals surface area (Å²) in [7, 11) is 0. The monoisotopic (exact) mass is 412 g/mol. The van der Waals surface area contributed by atoms with Crippen LogP contribution in [-0.4, -0.2) is 11.2 Å². The minimum Gasteiger partial charge on any atom is -0.393 e. The molecule has 1 N–H and O–H groups in total. The summed E-state index contributed by atoms with van der Waals surface area (Å²) in [4.78, 5) is 0. The minimum absolute atomic E-state index is 0.0882. The molecule has 0 aromatic carbocycles. The van der Waals surface area contributed by atoms with E-state index in [2.05, 4.69) is 60.6 Å². The molecule has 0 aliphatic heterocycles. The fourth-order valence-electron chi connectivity index (χ4n) is 8.75. The van der Waals surface area contributed by atoms with Crippen molar-refractivity contribution in [2.45, 2.75) is 106 Å². The Bertz CT molecular complexity index is 701. The largest absolute Gasteiger partial charge is 0.393 e. The maximum Gasteiger partial charge on any atom is 0.0577 e. The molecule has 0 bridgehead atoms. The summed E-state index contributed by atoms with van der Waals surface area (Å²) in [6.07, 6.45) is 15.3. The molecule has 170 valence electrons. The molecule has 0 radical (unpaired) electrons. The topological polar surface area (TPSA) is 20.2 Å². The van der Waals surface area contributed by atoms with Crippen LogP contribution in [0.2, 0.25) is 0 Å². The van der Waals surface area contributed by atoms with E-state index in [1.54, 1.807) is 11.1 Å². The Balaban J connectivity index is 1.55. The van der Waals surface area contributed by atoms with E-state index in [9.17, 15) is 5.11 Å². The van der Waals surface area contributed by atoms with Gasteiger partial charge in [0.15, 0.2) is 0 Å². The van der Waals surface area contributed by atoms with E-state index in [0.717, 1.165) is 42.4 Å². The van der Waals surface area contributed by atoms with Crippen LogP contribution >= 0.6 is 0 Å². The molecule has 0 spiro atoms. The van der Waals surface area contributed by atoms with Gasteiger partial charge in [-0.05, 0) is 111 Å². The van der Waals surface area contributed by atoms with Gasteiger partial charge in [0, 0.05) is 0 Å². The molecule has 0 aromatic rings. The Morgan fingerprint density at radius 1 is 1.03 bits per heavy atom. The van der Waals surface area contributed by atoms with E-state index < -0.39 is 0 Å². The zero-order valence-corrected chi connectivity index (χ0v) is 20.9. The Morgan fingerprint density at radius 3 is 2.47 bits per heavy atom. The van der Waals surface area contributed by atoms with Crippen LogP contribution in [-0.2, 0) is 0 Å². The van der Waals surface area contributed by atoms with Crippen LogP contribution in [0.4, 0.5) is 0 Å². The molecule has 1 heteroatoms. The van der Waals surface area contributed by atoms with Crippen molar-refractivity contribution in [2.24, 2.45) is 52.3 Å². The highest BCUT2D eigenvalue weighted by atomic mass is 16.3. The third-order valence-electron chi connectivity index (χ3n) is 11.0. The average Bonchev–Trinajstić information content (AvgIpc) is 3.05. The lowest BCUT2D eigenvalue weighted by atomic mass is 9.47. The molecule has 30 heavy (non-hydrogen) atoms. The van der Waals surface area contributed by atoms with Crippen molar-refractivity contribution in [1.82, 2.24) is 0 Å². The van der Waals surface area contributed by atoms with E-state index in [0.29, 0.717) is 22.7 Å². The van der Waals surface area contributed by atoms with Crippen LogP contribution in [0.5, 0.6) is 0 Å². The van der Waals surface area contributed by atoms with Gasteiger partial charge in [0.2, 0.25) is 0 Å². The van der Waals surface area contributed by atoms with Crippen molar-refractivity contribution in [3.05, 3.63) is 23.3 Å². The zero-order chi connectivity index (χ0) is 21.8. The Morgan fingerprint density at radius 2 is 1.77 bits per heavy atom. The molecular formula is C29H48O. The van der Waals surface area contributed by atoms with Crippen molar-refractivity contribution < 1.29 is 5.11 Å². The maximum atomic E-state index is 10.2. The predicted octanol–water partition coefficient (Wildman–Crippen LogP) is 7.80. The lowest BCUT2D eigenvalue weighted by Crippen LogP contribution is -2.50. The van der Waals surface area contributed by atoms with Gasteiger partial charge >= 0.3 is 0 Å². The summed E-state index contributed by atoms with van der Waals surface area (Å²) in [6, 6.07) is 0.